The Hall–Kier alpha value is -2.78. The molecular formula is C15H15N3O5S. The Labute approximate surface area is 138 Å². The third-order valence-electron chi connectivity index (χ3n) is 2.95. The Balaban J connectivity index is 2.35. The van der Waals surface area contributed by atoms with Crippen LogP contribution in [0.1, 0.15) is 0 Å². The lowest BCUT2D eigenvalue weighted by atomic mass is 10.3. The van der Waals surface area contributed by atoms with Gasteiger partial charge in [0, 0.05) is 0 Å². The van der Waals surface area contributed by atoms with Gasteiger partial charge in [-0.1, -0.05) is 41.6 Å². The number of hydrogen-bond donors (Lipinski definition) is 2. The minimum absolute atomic E-state index is 0.0883. The van der Waals surface area contributed by atoms with E-state index in [-0.39, 0.29) is 4.90 Å². The summed E-state index contributed by atoms with van der Waals surface area (Å²) in [6.07, 6.45) is -1.93. The van der Waals surface area contributed by atoms with Crippen LogP contribution in [0.25, 0.3) is 0 Å². The number of sulfonamides is 1. The first kappa shape index (κ1) is 17.6. The molecule has 2 rings (SSSR count). The highest BCUT2D eigenvalue weighted by Crippen LogP contribution is 2.19. The first-order chi connectivity index (χ1) is 11.4. The van der Waals surface area contributed by atoms with Crippen molar-refractivity contribution in [1.29, 1.82) is 0 Å². The number of carbonyl (C=O) groups is 1. The van der Waals surface area contributed by atoms with Crippen molar-refractivity contribution in [3.63, 3.8) is 0 Å². The molecule has 0 spiro atoms. The normalized spacial score (nSPS) is 12.9. The van der Waals surface area contributed by atoms with Crippen molar-refractivity contribution in [3.05, 3.63) is 60.7 Å². The molecule has 0 amide bonds. The van der Waals surface area contributed by atoms with Crippen LogP contribution in [-0.4, -0.2) is 41.7 Å². The number of carboxylic acids is 1. The molecule has 1 atom stereocenters. The molecule has 0 radical (unpaired) electrons. The molecule has 0 saturated carbocycles. The fourth-order valence-corrected chi connectivity index (χ4v) is 2.93. The van der Waals surface area contributed by atoms with Crippen molar-refractivity contribution < 1.29 is 23.4 Å². The van der Waals surface area contributed by atoms with Crippen LogP contribution >= 0.6 is 0 Å². The van der Waals surface area contributed by atoms with E-state index in [4.69, 9.17) is 5.11 Å². The van der Waals surface area contributed by atoms with Crippen molar-refractivity contribution in [2.45, 2.75) is 11.0 Å². The summed E-state index contributed by atoms with van der Waals surface area (Å²) in [6, 6.07) is 15.7. The standard InChI is InChI=1S/C15H15N3O5S/c19-14(15(20)21)11-18(17-16-12-7-3-1-4-8-12)24(22,23)13-9-5-2-6-10-13/h1-10,14,19H,11H2,(H,20,21). The molecule has 0 saturated heterocycles. The van der Waals surface area contributed by atoms with Gasteiger partial charge in [0.25, 0.3) is 10.0 Å². The second-order valence-corrected chi connectivity index (χ2v) is 6.54. The SMILES string of the molecule is O=C(O)C(O)CN(N=Nc1ccccc1)S(=O)(=O)c1ccccc1. The fraction of sp³-hybridized carbons (Fsp3) is 0.133. The third-order valence-corrected chi connectivity index (χ3v) is 4.59. The van der Waals surface area contributed by atoms with E-state index in [2.05, 4.69) is 10.3 Å². The van der Waals surface area contributed by atoms with Crippen LogP contribution in [0.4, 0.5) is 5.69 Å². The Morgan fingerprint density at radius 1 is 1.04 bits per heavy atom. The zero-order valence-corrected chi connectivity index (χ0v) is 13.2. The minimum atomic E-state index is -4.15. The number of nitrogens with zero attached hydrogens (tertiary/aromatic N) is 3. The van der Waals surface area contributed by atoms with Gasteiger partial charge in [0.2, 0.25) is 0 Å². The van der Waals surface area contributed by atoms with Gasteiger partial charge in [0.05, 0.1) is 17.1 Å². The Morgan fingerprint density at radius 2 is 1.58 bits per heavy atom. The number of aliphatic carboxylic acids is 1. The topological polar surface area (TPSA) is 120 Å². The van der Waals surface area contributed by atoms with Crippen LogP contribution in [0.2, 0.25) is 0 Å². The summed E-state index contributed by atoms with van der Waals surface area (Å²) in [6.45, 7) is -0.761. The molecule has 1 unspecified atom stereocenters. The number of aliphatic hydroxyl groups is 1. The van der Waals surface area contributed by atoms with Crippen molar-refractivity contribution in [2.24, 2.45) is 10.3 Å². The summed E-state index contributed by atoms with van der Waals surface area (Å²) in [5.41, 5.74) is 0.385. The van der Waals surface area contributed by atoms with Gasteiger partial charge in [-0.2, -0.15) is 12.8 Å². The van der Waals surface area contributed by atoms with Crippen molar-refractivity contribution in [1.82, 2.24) is 4.41 Å². The van der Waals surface area contributed by atoms with Gasteiger partial charge in [-0.05, 0) is 24.3 Å². The van der Waals surface area contributed by atoms with Crippen molar-refractivity contribution >= 4 is 21.7 Å². The molecule has 0 aliphatic rings. The quantitative estimate of drug-likeness (QED) is 0.583. The maximum Gasteiger partial charge on any atom is 0.334 e. The molecule has 9 heteroatoms. The van der Waals surface area contributed by atoms with Crippen molar-refractivity contribution in [3.8, 4) is 0 Å². The molecule has 0 aliphatic heterocycles. The van der Waals surface area contributed by atoms with Gasteiger partial charge in [-0.25, -0.2) is 4.79 Å². The number of aliphatic hydroxyl groups excluding tert-OH is 1. The molecule has 2 N–H and O–H groups in total. The molecule has 2 aromatic carbocycles. The summed E-state index contributed by atoms with van der Waals surface area (Å²) in [4.78, 5) is 10.7. The predicted octanol–water partition coefficient (Wildman–Crippen LogP) is 1.82. The highest BCUT2D eigenvalue weighted by atomic mass is 32.2. The molecule has 0 fully saturated rings. The molecule has 0 bridgehead atoms. The van der Waals surface area contributed by atoms with Gasteiger partial charge in [0.1, 0.15) is 0 Å². The van der Waals surface area contributed by atoms with E-state index in [1.807, 2.05) is 0 Å². The summed E-state index contributed by atoms with van der Waals surface area (Å²) >= 11 is 0. The highest BCUT2D eigenvalue weighted by Gasteiger charge is 2.28. The number of benzene rings is 2. The molecular weight excluding hydrogens is 334 g/mol. The van der Waals surface area contributed by atoms with E-state index in [0.29, 0.717) is 10.1 Å². The average molecular weight is 349 g/mol. The van der Waals surface area contributed by atoms with Gasteiger partial charge in [-0.3, -0.25) is 0 Å². The van der Waals surface area contributed by atoms with Gasteiger partial charge in [0.15, 0.2) is 6.10 Å². The van der Waals surface area contributed by atoms with Crippen LogP contribution in [-0.2, 0) is 14.8 Å². The van der Waals surface area contributed by atoms with E-state index in [1.165, 1.54) is 24.3 Å². The Kier molecular flexibility index (Phi) is 5.61. The number of rotatable bonds is 7. The minimum Gasteiger partial charge on any atom is -0.479 e. The van der Waals surface area contributed by atoms with Crippen LogP contribution in [0.5, 0.6) is 0 Å². The van der Waals surface area contributed by atoms with E-state index >= 15 is 0 Å². The van der Waals surface area contributed by atoms with Crippen molar-refractivity contribution in [2.75, 3.05) is 6.54 Å². The first-order valence-corrected chi connectivity index (χ1v) is 8.30. The first-order valence-electron chi connectivity index (χ1n) is 6.86. The van der Waals surface area contributed by atoms with E-state index in [9.17, 15) is 18.3 Å². The van der Waals surface area contributed by atoms with Crippen LogP contribution in [0.3, 0.4) is 0 Å². The summed E-state index contributed by atoms with van der Waals surface area (Å²) in [5, 5.41) is 25.7. The maximum atomic E-state index is 12.6. The molecule has 126 valence electrons. The lowest BCUT2D eigenvalue weighted by Gasteiger charge is -2.19. The second-order valence-electron chi connectivity index (χ2n) is 4.70. The third kappa shape index (κ3) is 4.37. The molecule has 8 nitrogen and oxygen atoms in total. The predicted molar refractivity (Wildman–Crippen MR) is 84.9 cm³/mol. The van der Waals surface area contributed by atoms with Crippen LogP contribution < -0.4 is 0 Å². The molecule has 0 heterocycles. The largest absolute Gasteiger partial charge is 0.479 e. The van der Waals surface area contributed by atoms with Crippen LogP contribution in [0, 0.1) is 0 Å². The van der Waals surface area contributed by atoms with E-state index in [0.717, 1.165) is 0 Å². The van der Waals surface area contributed by atoms with Gasteiger partial charge < -0.3 is 10.2 Å². The smallest absolute Gasteiger partial charge is 0.334 e. The summed E-state index contributed by atoms with van der Waals surface area (Å²) in [5.74, 6) is -1.56. The monoisotopic (exact) mass is 349 g/mol. The summed E-state index contributed by atoms with van der Waals surface area (Å²) in [7, 11) is -4.15. The zero-order valence-electron chi connectivity index (χ0n) is 12.4. The fourth-order valence-electron chi connectivity index (χ4n) is 1.72. The molecule has 24 heavy (non-hydrogen) atoms. The maximum absolute atomic E-state index is 12.6. The lowest BCUT2D eigenvalue weighted by Crippen LogP contribution is -2.37. The zero-order chi connectivity index (χ0) is 17.6. The Bertz CT molecular complexity index is 810. The molecule has 0 aromatic heterocycles. The van der Waals surface area contributed by atoms with Crippen LogP contribution in [0.15, 0.2) is 75.9 Å². The Morgan fingerprint density at radius 3 is 2.12 bits per heavy atom. The van der Waals surface area contributed by atoms with E-state index < -0.39 is 28.6 Å². The highest BCUT2D eigenvalue weighted by molar-refractivity contribution is 7.89. The van der Waals surface area contributed by atoms with Gasteiger partial charge in [-0.15, -0.1) is 5.11 Å². The second kappa shape index (κ2) is 7.66. The number of hydrogen-bond acceptors (Lipinski definition) is 6. The summed E-state index contributed by atoms with van der Waals surface area (Å²) < 4.78 is 25.6. The molecule has 2 aromatic rings. The van der Waals surface area contributed by atoms with Gasteiger partial charge >= 0.3 is 5.97 Å². The lowest BCUT2D eigenvalue weighted by molar-refractivity contribution is -0.146. The average Bonchev–Trinajstić information content (AvgIpc) is 2.59. The molecule has 0 aliphatic carbocycles. The number of carboxylic acid groups (broad SMARTS) is 1. The van der Waals surface area contributed by atoms with E-state index in [1.54, 1.807) is 36.4 Å².